The van der Waals surface area contributed by atoms with Crippen molar-refractivity contribution in [2.45, 2.75) is 12.8 Å². The Bertz CT molecular complexity index is 732. The number of esters is 1. The molecule has 4 nitrogen and oxygen atoms in total. The summed E-state index contributed by atoms with van der Waals surface area (Å²) in [7, 11) is 2.99. The highest BCUT2D eigenvalue weighted by molar-refractivity contribution is 5.92. The number of fused-ring (bicyclic) bond motifs is 1. The lowest BCUT2D eigenvalue weighted by Gasteiger charge is -2.19. The van der Waals surface area contributed by atoms with E-state index < -0.39 is 0 Å². The molecule has 0 aliphatic heterocycles. The van der Waals surface area contributed by atoms with Gasteiger partial charge in [-0.05, 0) is 47.7 Å². The second-order valence-electron chi connectivity index (χ2n) is 5.11. The lowest BCUT2D eigenvalue weighted by Crippen LogP contribution is -2.06. The summed E-state index contributed by atoms with van der Waals surface area (Å²) in [4.78, 5) is 16.0. The highest BCUT2D eigenvalue weighted by Crippen LogP contribution is 2.32. The lowest BCUT2D eigenvalue weighted by molar-refractivity contribution is 0.0600. The Morgan fingerprint density at radius 3 is 2.73 bits per heavy atom. The van der Waals surface area contributed by atoms with Crippen LogP contribution >= 0.6 is 0 Å². The molecule has 0 spiro atoms. The number of allylic oxidation sites excluding steroid dienone is 1. The van der Waals surface area contributed by atoms with E-state index in [1.807, 2.05) is 30.3 Å². The first kappa shape index (κ1) is 14.3. The maximum absolute atomic E-state index is 11.8. The minimum Gasteiger partial charge on any atom is -0.481 e. The van der Waals surface area contributed by atoms with E-state index in [1.165, 1.54) is 12.7 Å². The lowest BCUT2D eigenvalue weighted by atomic mass is 9.86. The van der Waals surface area contributed by atoms with Crippen LogP contribution in [0.5, 0.6) is 5.88 Å². The van der Waals surface area contributed by atoms with Crippen LogP contribution in [0, 0.1) is 0 Å². The maximum Gasteiger partial charge on any atom is 0.337 e. The molecule has 22 heavy (non-hydrogen) atoms. The van der Waals surface area contributed by atoms with Gasteiger partial charge in [0.2, 0.25) is 5.88 Å². The Hall–Kier alpha value is -2.62. The number of benzene rings is 1. The fraction of sp³-hybridized carbons (Fsp3) is 0.222. The van der Waals surface area contributed by atoms with Crippen molar-refractivity contribution < 1.29 is 14.3 Å². The van der Waals surface area contributed by atoms with Crippen LogP contribution in [0.4, 0.5) is 0 Å². The van der Waals surface area contributed by atoms with Crippen molar-refractivity contribution in [3.8, 4) is 5.88 Å². The van der Waals surface area contributed by atoms with Crippen molar-refractivity contribution in [1.82, 2.24) is 4.98 Å². The normalized spacial score (nSPS) is 13.1. The zero-order valence-corrected chi connectivity index (χ0v) is 12.6. The van der Waals surface area contributed by atoms with Crippen LogP contribution in [0.3, 0.4) is 0 Å². The van der Waals surface area contributed by atoms with Crippen molar-refractivity contribution in [2.75, 3.05) is 14.2 Å². The highest BCUT2D eigenvalue weighted by Gasteiger charge is 2.17. The molecule has 1 aromatic heterocycles. The van der Waals surface area contributed by atoms with Crippen LogP contribution in [0.25, 0.3) is 5.57 Å². The summed E-state index contributed by atoms with van der Waals surface area (Å²) < 4.78 is 9.91. The monoisotopic (exact) mass is 295 g/mol. The molecule has 4 heteroatoms. The summed E-state index contributed by atoms with van der Waals surface area (Å²) in [5.74, 6) is 0.268. The number of carbonyl (C=O) groups excluding carboxylic acids is 1. The van der Waals surface area contributed by atoms with E-state index in [9.17, 15) is 4.79 Å². The zero-order chi connectivity index (χ0) is 15.5. The average molecular weight is 295 g/mol. The quantitative estimate of drug-likeness (QED) is 0.816. The van der Waals surface area contributed by atoms with E-state index in [4.69, 9.17) is 9.47 Å². The van der Waals surface area contributed by atoms with Gasteiger partial charge < -0.3 is 9.47 Å². The predicted molar refractivity (Wildman–Crippen MR) is 84.0 cm³/mol. The summed E-state index contributed by atoms with van der Waals surface area (Å²) in [5, 5.41) is 0. The molecular formula is C18H17NO3. The largest absolute Gasteiger partial charge is 0.481 e. The van der Waals surface area contributed by atoms with Gasteiger partial charge in [0.1, 0.15) is 0 Å². The van der Waals surface area contributed by atoms with Gasteiger partial charge in [0.15, 0.2) is 0 Å². The number of rotatable bonds is 3. The van der Waals surface area contributed by atoms with Gasteiger partial charge in [0.25, 0.3) is 0 Å². The second kappa shape index (κ2) is 6.02. The summed E-state index contributed by atoms with van der Waals surface area (Å²) in [6.45, 7) is 0. The summed E-state index contributed by atoms with van der Waals surface area (Å²) >= 11 is 0. The third kappa shape index (κ3) is 2.60. The van der Waals surface area contributed by atoms with Crippen LogP contribution in [0.2, 0.25) is 0 Å². The Morgan fingerprint density at radius 1 is 1.18 bits per heavy atom. The summed E-state index contributed by atoms with van der Waals surface area (Å²) in [6, 6.07) is 9.55. The smallest absolute Gasteiger partial charge is 0.337 e. The number of hydrogen-bond donors (Lipinski definition) is 0. The molecule has 0 N–H and O–H groups in total. The van der Waals surface area contributed by atoms with Crippen LogP contribution in [-0.2, 0) is 11.2 Å². The molecule has 0 unspecified atom stereocenters. The molecule has 1 heterocycles. The number of methoxy groups -OCH3 is 2. The number of carbonyl (C=O) groups is 1. The molecule has 1 aromatic carbocycles. The fourth-order valence-corrected chi connectivity index (χ4v) is 2.71. The van der Waals surface area contributed by atoms with Crippen molar-refractivity contribution in [3.63, 3.8) is 0 Å². The van der Waals surface area contributed by atoms with Crippen molar-refractivity contribution >= 4 is 11.5 Å². The number of pyridine rings is 1. The van der Waals surface area contributed by atoms with Gasteiger partial charge >= 0.3 is 5.97 Å². The second-order valence-corrected chi connectivity index (χ2v) is 5.11. The third-order valence-corrected chi connectivity index (χ3v) is 3.84. The fourth-order valence-electron chi connectivity index (χ4n) is 2.71. The van der Waals surface area contributed by atoms with Gasteiger partial charge in [-0.25, -0.2) is 9.78 Å². The molecule has 0 atom stereocenters. The first-order chi connectivity index (χ1) is 10.7. The predicted octanol–water partition coefficient (Wildman–Crippen LogP) is 3.25. The van der Waals surface area contributed by atoms with Gasteiger partial charge in [0.05, 0.1) is 19.8 Å². The number of aromatic nitrogens is 1. The molecular weight excluding hydrogens is 278 g/mol. The first-order valence-corrected chi connectivity index (χ1v) is 7.15. The van der Waals surface area contributed by atoms with Crippen molar-refractivity contribution in [2.24, 2.45) is 0 Å². The first-order valence-electron chi connectivity index (χ1n) is 7.15. The van der Waals surface area contributed by atoms with Crippen LogP contribution in [0.15, 0.2) is 42.6 Å². The molecule has 0 amide bonds. The van der Waals surface area contributed by atoms with E-state index in [0.717, 1.165) is 29.5 Å². The maximum atomic E-state index is 11.8. The zero-order valence-electron chi connectivity index (χ0n) is 12.6. The molecule has 3 rings (SSSR count). The molecule has 0 bridgehead atoms. The molecule has 0 radical (unpaired) electrons. The van der Waals surface area contributed by atoms with Gasteiger partial charge in [-0.15, -0.1) is 0 Å². The minimum atomic E-state index is -0.319. The number of hydrogen-bond acceptors (Lipinski definition) is 4. The number of aryl methyl sites for hydroxylation is 1. The third-order valence-electron chi connectivity index (χ3n) is 3.84. The molecule has 2 aromatic rings. The Labute approximate surface area is 129 Å². The van der Waals surface area contributed by atoms with Gasteiger partial charge in [-0.3, -0.25) is 0 Å². The highest BCUT2D eigenvalue weighted by atomic mass is 16.5. The van der Waals surface area contributed by atoms with Crippen molar-refractivity contribution in [1.29, 1.82) is 0 Å². The van der Waals surface area contributed by atoms with Crippen LogP contribution in [-0.4, -0.2) is 25.2 Å². The molecule has 0 saturated carbocycles. The van der Waals surface area contributed by atoms with Gasteiger partial charge in [-0.1, -0.05) is 12.1 Å². The number of ether oxygens (including phenoxy) is 2. The van der Waals surface area contributed by atoms with E-state index in [1.54, 1.807) is 13.3 Å². The van der Waals surface area contributed by atoms with Crippen LogP contribution in [0.1, 0.15) is 33.5 Å². The molecule has 112 valence electrons. The topological polar surface area (TPSA) is 48.4 Å². The van der Waals surface area contributed by atoms with E-state index in [-0.39, 0.29) is 5.97 Å². The summed E-state index contributed by atoms with van der Waals surface area (Å²) in [6.07, 6.45) is 5.94. The Morgan fingerprint density at radius 2 is 2.05 bits per heavy atom. The van der Waals surface area contributed by atoms with Crippen LogP contribution < -0.4 is 4.74 Å². The minimum absolute atomic E-state index is 0.319. The molecule has 0 saturated heterocycles. The molecule has 0 fully saturated rings. The van der Waals surface area contributed by atoms with Gasteiger partial charge in [-0.2, -0.15) is 0 Å². The Balaban J connectivity index is 2.04. The van der Waals surface area contributed by atoms with E-state index >= 15 is 0 Å². The molecule has 1 aliphatic rings. The SMILES string of the molecule is COC(=O)c1ccc2c(c1)C(c1ccc(OC)nc1)=CCC2. The standard InChI is InChI=1S/C18H17NO3/c1-21-17-9-8-14(11-19-17)15-5-3-4-12-6-7-13(10-16(12)15)18(20)22-2/h5-11H,3-4H2,1-2H3. The Kier molecular flexibility index (Phi) is 3.92. The van der Waals surface area contributed by atoms with Gasteiger partial charge in [0, 0.05) is 17.8 Å². The number of nitrogens with zero attached hydrogens (tertiary/aromatic N) is 1. The van der Waals surface area contributed by atoms with E-state index in [2.05, 4.69) is 11.1 Å². The molecule has 1 aliphatic carbocycles. The van der Waals surface area contributed by atoms with E-state index in [0.29, 0.717) is 11.4 Å². The summed E-state index contributed by atoms with van der Waals surface area (Å²) in [5.41, 5.74) is 4.99. The average Bonchev–Trinajstić information content (AvgIpc) is 2.60. The van der Waals surface area contributed by atoms with Crippen molar-refractivity contribution in [3.05, 3.63) is 64.9 Å².